The third-order valence-corrected chi connectivity index (χ3v) is 6.53. The molecule has 2 aromatic heterocycles. The highest BCUT2D eigenvalue weighted by molar-refractivity contribution is 7.89. The molecule has 0 unspecified atom stereocenters. The third-order valence-electron chi connectivity index (χ3n) is 4.23. The maximum Gasteiger partial charge on any atom is 0.246 e. The van der Waals surface area contributed by atoms with E-state index in [0.29, 0.717) is 31.0 Å². The summed E-state index contributed by atoms with van der Waals surface area (Å²) in [6, 6.07) is 1.90. The summed E-state index contributed by atoms with van der Waals surface area (Å²) in [5.41, 5.74) is 1.72. The molecule has 0 N–H and O–H groups in total. The minimum Gasteiger partial charge on any atom is -0.361 e. The second kappa shape index (κ2) is 6.92. The number of aromatic nitrogens is 3. The Hall–Kier alpha value is -1.67. The van der Waals surface area contributed by atoms with Gasteiger partial charge in [-0.1, -0.05) is 39.8 Å². The van der Waals surface area contributed by atoms with Crippen LogP contribution in [0, 0.1) is 13.8 Å². The van der Waals surface area contributed by atoms with Gasteiger partial charge in [0.2, 0.25) is 10.0 Å². The zero-order valence-corrected chi connectivity index (χ0v) is 16.9. The lowest BCUT2D eigenvalue weighted by molar-refractivity contribution is 0.324. The smallest absolute Gasteiger partial charge is 0.246 e. The van der Waals surface area contributed by atoms with Crippen LogP contribution in [0.1, 0.15) is 57.5 Å². The van der Waals surface area contributed by atoms with Crippen molar-refractivity contribution in [1.29, 1.82) is 0 Å². The van der Waals surface area contributed by atoms with Gasteiger partial charge in [0.25, 0.3) is 0 Å². The summed E-state index contributed by atoms with van der Waals surface area (Å²) in [4.78, 5) is 0.288. The Morgan fingerprint density at radius 1 is 1.20 bits per heavy atom. The minimum atomic E-state index is -3.55. The van der Waals surface area contributed by atoms with E-state index in [1.165, 1.54) is 4.31 Å². The summed E-state index contributed by atoms with van der Waals surface area (Å²) in [5.74, 6) is 0.792. The summed E-state index contributed by atoms with van der Waals surface area (Å²) < 4.78 is 34.3. The van der Waals surface area contributed by atoms with Crippen molar-refractivity contribution in [2.45, 2.75) is 65.3 Å². The van der Waals surface area contributed by atoms with Crippen molar-refractivity contribution in [3.63, 3.8) is 0 Å². The van der Waals surface area contributed by atoms with Gasteiger partial charge in [-0.25, -0.2) is 8.42 Å². The number of aryl methyl sites for hydroxylation is 1. The van der Waals surface area contributed by atoms with Crippen LogP contribution >= 0.6 is 0 Å². The summed E-state index contributed by atoms with van der Waals surface area (Å²) in [5, 5.41) is 8.52. The monoisotopic (exact) mass is 368 g/mol. The number of nitrogens with zero attached hydrogens (tertiary/aromatic N) is 4. The molecule has 2 rings (SSSR count). The first kappa shape index (κ1) is 19.7. The second-order valence-electron chi connectivity index (χ2n) is 7.18. The van der Waals surface area contributed by atoms with Gasteiger partial charge in [0.05, 0.1) is 17.9 Å². The highest BCUT2D eigenvalue weighted by Gasteiger charge is 2.29. The number of hydrogen-bond acceptors (Lipinski definition) is 5. The molecule has 0 aliphatic rings. The summed E-state index contributed by atoms with van der Waals surface area (Å²) >= 11 is 0. The van der Waals surface area contributed by atoms with Gasteiger partial charge >= 0.3 is 0 Å². The third kappa shape index (κ3) is 3.79. The molecule has 0 aliphatic heterocycles. The van der Waals surface area contributed by atoms with Gasteiger partial charge in [0.1, 0.15) is 16.3 Å². The maximum atomic E-state index is 12.9. The Balaban J connectivity index is 2.39. The van der Waals surface area contributed by atoms with Crippen molar-refractivity contribution < 1.29 is 12.9 Å². The SMILES string of the molecule is CCN(CC)S(=O)(=O)c1c(C)nn(Cc2cc(C(C)(C)C)on2)c1C. The van der Waals surface area contributed by atoms with Crippen LogP contribution in [0.5, 0.6) is 0 Å². The van der Waals surface area contributed by atoms with E-state index in [4.69, 9.17) is 4.52 Å². The van der Waals surface area contributed by atoms with Crippen LogP contribution in [0.2, 0.25) is 0 Å². The fourth-order valence-corrected chi connectivity index (χ4v) is 4.62. The molecule has 7 nitrogen and oxygen atoms in total. The van der Waals surface area contributed by atoms with Crippen LogP contribution in [-0.2, 0) is 22.0 Å². The predicted octanol–water partition coefficient (Wildman–Crippen LogP) is 2.86. The quantitative estimate of drug-likeness (QED) is 0.783. The molecule has 2 aromatic rings. The van der Waals surface area contributed by atoms with Crippen LogP contribution in [0.15, 0.2) is 15.5 Å². The Morgan fingerprint density at radius 3 is 2.28 bits per heavy atom. The van der Waals surface area contributed by atoms with E-state index in [9.17, 15) is 8.42 Å². The molecular formula is C17H28N4O3S. The van der Waals surface area contributed by atoms with Crippen LogP contribution in [0.3, 0.4) is 0 Å². The molecule has 0 fully saturated rings. The molecule has 0 atom stereocenters. The number of sulfonamides is 1. The highest BCUT2D eigenvalue weighted by Crippen LogP contribution is 2.26. The first-order valence-corrected chi connectivity index (χ1v) is 9.96. The topological polar surface area (TPSA) is 81.2 Å². The van der Waals surface area contributed by atoms with E-state index in [1.807, 2.05) is 19.9 Å². The largest absolute Gasteiger partial charge is 0.361 e. The summed E-state index contributed by atoms with van der Waals surface area (Å²) in [6.45, 7) is 14.6. The lowest BCUT2D eigenvalue weighted by Crippen LogP contribution is -2.31. The standard InChI is InChI=1S/C17H28N4O3S/c1-8-20(9-2)25(22,23)16-12(3)18-21(13(16)4)11-14-10-15(24-19-14)17(5,6)7/h10H,8-9,11H2,1-7H3. The summed E-state index contributed by atoms with van der Waals surface area (Å²) in [6.07, 6.45) is 0. The summed E-state index contributed by atoms with van der Waals surface area (Å²) in [7, 11) is -3.55. The Bertz CT molecular complexity index is 840. The predicted molar refractivity (Wildman–Crippen MR) is 96.1 cm³/mol. The van der Waals surface area contributed by atoms with Crippen molar-refractivity contribution in [3.8, 4) is 0 Å². The average molecular weight is 369 g/mol. The number of rotatable bonds is 6. The van der Waals surface area contributed by atoms with Gasteiger partial charge < -0.3 is 4.52 Å². The van der Waals surface area contributed by atoms with E-state index in [1.54, 1.807) is 18.5 Å². The van der Waals surface area contributed by atoms with Crippen molar-refractivity contribution in [2.24, 2.45) is 0 Å². The molecular weight excluding hydrogens is 340 g/mol. The highest BCUT2D eigenvalue weighted by atomic mass is 32.2. The van der Waals surface area contributed by atoms with E-state index in [0.717, 1.165) is 11.5 Å². The van der Waals surface area contributed by atoms with Crippen molar-refractivity contribution in [2.75, 3.05) is 13.1 Å². The van der Waals surface area contributed by atoms with Crippen LogP contribution < -0.4 is 0 Å². The fraction of sp³-hybridized carbons (Fsp3) is 0.647. The lowest BCUT2D eigenvalue weighted by atomic mass is 9.93. The van der Waals surface area contributed by atoms with Gasteiger partial charge in [-0.05, 0) is 13.8 Å². The Labute approximate surface area is 150 Å². The zero-order chi connectivity index (χ0) is 19.0. The first-order chi connectivity index (χ1) is 11.5. The molecule has 2 heterocycles. The van der Waals surface area contributed by atoms with E-state index in [-0.39, 0.29) is 10.3 Å². The molecule has 0 radical (unpaired) electrons. The van der Waals surface area contributed by atoms with Gasteiger partial charge in [0, 0.05) is 24.6 Å². The molecule has 0 saturated heterocycles. The molecule has 0 amide bonds. The van der Waals surface area contributed by atoms with Gasteiger partial charge in [-0.15, -0.1) is 0 Å². The van der Waals surface area contributed by atoms with Crippen molar-refractivity contribution in [1.82, 2.24) is 19.2 Å². The molecule has 140 valence electrons. The molecule has 25 heavy (non-hydrogen) atoms. The van der Waals surface area contributed by atoms with E-state index >= 15 is 0 Å². The maximum absolute atomic E-state index is 12.9. The number of hydrogen-bond donors (Lipinski definition) is 0. The zero-order valence-electron chi connectivity index (χ0n) is 16.1. The van der Waals surface area contributed by atoms with Crippen LogP contribution in [0.25, 0.3) is 0 Å². The van der Waals surface area contributed by atoms with Crippen molar-refractivity contribution in [3.05, 3.63) is 28.9 Å². The van der Waals surface area contributed by atoms with Crippen LogP contribution in [0.4, 0.5) is 0 Å². The van der Waals surface area contributed by atoms with Crippen LogP contribution in [-0.4, -0.2) is 40.7 Å². The van der Waals surface area contributed by atoms with Gasteiger partial charge in [0.15, 0.2) is 0 Å². The minimum absolute atomic E-state index is 0.127. The molecule has 0 saturated carbocycles. The van der Waals surface area contributed by atoms with E-state index in [2.05, 4.69) is 31.0 Å². The molecule has 8 heteroatoms. The molecule has 0 spiro atoms. The van der Waals surface area contributed by atoms with Gasteiger partial charge in [-0.2, -0.15) is 9.40 Å². The normalized spacial score (nSPS) is 13.0. The second-order valence-corrected chi connectivity index (χ2v) is 9.05. The fourth-order valence-electron chi connectivity index (χ4n) is 2.79. The Morgan fingerprint density at radius 2 is 1.80 bits per heavy atom. The lowest BCUT2D eigenvalue weighted by Gasteiger charge is -2.18. The average Bonchev–Trinajstić information content (AvgIpc) is 3.05. The Kier molecular flexibility index (Phi) is 5.44. The van der Waals surface area contributed by atoms with E-state index < -0.39 is 10.0 Å². The molecule has 0 bridgehead atoms. The molecule has 0 aromatic carbocycles. The van der Waals surface area contributed by atoms with Gasteiger partial charge in [-0.3, -0.25) is 4.68 Å². The van der Waals surface area contributed by atoms with Crippen molar-refractivity contribution >= 4 is 10.0 Å². The molecule has 0 aliphatic carbocycles. The first-order valence-electron chi connectivity index (χ1n) is 8.52.